The Morgan fingerprint density at radius 1 is 1.20 bits per heavy atom. The number of nitro groups is 1. The third kappa shape index (κ3) is 5.68. The second kappa shape index (κ2) is 10.7. The van der Waals surface area contributed by atoms with Crippen molar-refractivity contribution < 1.29 is 24.4 Å². The molecule has 1 heterocycles. The predicted molar refractivity (Wildman–Crippen MR) is 132 cm³/mol. The molecule has 2 aromatic rings. The van der Waals surface area contributed by atoms with E-state index in [2.05, 4.69) is 0 Å². The fourth-order valence-electron chi connectivity index (χ4n) is 4.16. The maximum absolute atomic E-state index is 13.1. The summed E-state index contributed by atoms with van der Waals surface area (Å²) in [6, 6.07) is 9.91. The van der Waals surface area contributed by atoms with E-state index in [-0.39, 0.29) is 29.7 Å². The summed E-state index contributed by atoms with van der Waals surface area (Å²) < 4.78 is 5.76. The number of nitrogens with zero attached hydrogens (tertiary/aromatic N) is 3. The van der Waals surface area contributed by atoms with Crippen LogP contribution in [0.4, 0.5) is 5.69 Å². The molecule has 1 aliphatic heterocycles. The van der Waals surface area contributed by atoms with E-state index >= 15 is 0 Å². The van der Waals surface area contributed by atoms with Gasteiger partial charge in [-0.15, -0.1) is 0 Å². The fourth-order valence-corrected chi connectivity index (χ4v) is 4.16. The van der Waals surface area contributed by atoms with Crippen molar-refractivity contribution in [2.24, 2.45) is 0 Å². The van der Waals surface area contributed by atoms with Gasteiger partial charge in [0.1, 0.15) is 11.5 Å². The number of non-ortho nitro benzene ring substituents is 1. The summed E-state index contributed by atoms with van der Waals surface area (Å²) in [6.45, 7) is 6.58. The highest BCUT2D eigenvalue weighted by Crippen LogP contribution is 2.40. The van der Waals surface area contributed by atoms with Crippen molar-refractivity contribution >= 4 is 23.1 Å². The molecule has 1 N–H and O–H groups in total. The fraction of sp³-hybridized carbons (Fsp3) is 0.385. The van der Waals surface area contributed by atoms with E-state index in [0.29, 0.717) is 29.8 Å². The third-order valence-electron chi connectivity index (χ3n) is 5.75. The number of amides is 1. The average molecular weight is 482 g/mol. The summed E-state index contributed by atoms with van der Waals surface area (Å²) in [5, 5.41) is 22.6. The number of rotatable bonds is 9. The lowest BCUT2D eigenvalue weighted by molar-refractivity contribution is -0.384. The molecule has 1 amide bonds. The quantitative estimate of drug-likeness (QED) is 0.189. The number of hydrogen-bond acceptors (Lipinski definition) is 7. The second-order valence-corrected chi connectivity index (χ2v) is 9.15. The molecule has 0 aromatic heterocycles. The first-order chi connectivity index (χ1) is 16.5. The first-order valence-electron chi connectivity index (χ1n) is 11.5. The number of benzene rings is 2. The molecule has 186 valence electrons. The monoisotopic (exact) mass is 481 g/mol. The van der Waals surface area contributed by atoms with Crippen LogP contribution in [-0.2, 0) is 9.59 Å². The number of ether oxygens (including phenoxy) is 1. The van der Waals surface area contributed by atoms with Crippen LogP contribution < -0.4 is 4.74 Å². The van der Waals surface area contributed by atoms with E-state index in [9.17, 15) is 24.8 Å². The SMILES string of the molecule is Cc1cc(C(O)=C2C(=O)C(=O)N(CCCN(C)C)[C@H]2c2cccc([N+](=O)[O-])c2)ccc1OC(C)C. The van der Waals surface area contributed by atoms with Gasteiger partial charge in [0.05, 0.1) is 22.6 Å². The van der Waals surface area contributed by atoms with Crippen LogP contribution in [0.15, 0.2) is 48.0 Å². The number of carbonyl (C=O) groups excluding carboxylic acids is 2. The van der Waals surface area contributed by atoms with Crippen molar-refractivity contribution in [1.82, 2.24) is 9.80 Å². The molecule has 0 radical (unpaired) electrons. The Kier molecular flexibility index (Phi) is 7.91. The standard InChI is InChI=1S/C26H31N3O6/c1-16(2)35-21-11-10-19(14-17(21)3)24(30)22-23(18-8-6-9-20(15-18)29(33)34)28(26(32)25(22)31)13-7-12-27(4)5/h6,8-11,14-16,23,30H,7,12-13H2,1-5H3/t23-/m0/s1. The Morgan fingerprint density at radius 3 is 2.51 bits per heavy atom. The molecule has 2 aromatic carbocycles. The first-order valence-corrected chi connectivity index (χ1v) is 11.5. The lowest BCUT2D eigenvalue weighted by atomic mass is 9.94. The van der Waals surface area contributed by atoms with E-state index in [4.69, 9.17) is 4.74 Å². The van der Waals surface area contributed by atoms with Crippen molar-refractivity contribution in [2.45, 2.75) is 39.3 Å². The zero-order valence-electron chi connectivity index (χ0n) is 20.6. The molecule has 0 aliphatic carbocycles. The summed E-state index contributed by atoms with van der Waals surface area (Å²) in [6.07, 6.45) is 0.556. The molecule has 9 heteroatoms. The Labute approximate surface area is 204 Å². The number of likely N-dealkylation sites (tertiary alicyclic amines) is 1. The van der Waals surface area contributed by atoms with E-state index in [0.717, 1.165) is 5.56 Å². The molecule has 0 saturated carbocycles. The summed E-state index contributed by atoms with van der Waals surface area (Å²) in [7, 11) is 3.81. The van der Waals surface area contributed by atoms with Crippen LogP contribution in [0.25, 0.3) is 5.76 Å². The van der Waals surface area contributed by atoms with Crippen LogP contribution in [-0.4, -0.2) is 64.8 Å². The van der Waals surface area contributed by atoms with E-state index in [1.807, 2.05) is 39.8 Å². The number of Topliss-reactive ketones (excluding diaryl/α,β-unsaturated/α-hetero) is 1. The average Bonchev–Trinajstić information content (AvgIpc) is 3.04. The van der Waals surface area contributed by atoms with Gasteiger partial charge in [-0.3, -0.25) is 19.7 Å². The minimum atomic E-state index is -0.941. The molecule has 0 bridgehead atoms. The molecule has 1 fully saturated rings. The third-order valence-corrected chi connectivity index (χ3v) is 5.75. The summed E-state index contributed by atoms with van der Waals surface area (Å²) >= 11 is 0. The number of aryl methyl sites for hydroxylation is 1. The maximum Gasteiger partial charge on any atom is 0.295 e. The second-order valence-electron chi connectivity index (χ2n) is 9.15. The Bertz CT molecular complexity index is 1170. The van der Waals surface area contributed by atoms with E-state index in [1.165, 1.54) is 23.1 Å². The zero-order valence-corrected chi connectivity index (χ0v) is 20.6. The number of aliphatic hydroxyl groups is 1. The van der Waals surface area contributed by atoms with Crippen molar-refractivity contribution in [3.63, 3.8) is 0 Å². The largest absolute Gasteiger partial charge is 0.507 e. The van der Waals surface area contributed by atoms with Gasteiger partial charge in [0.25, 0.3) is 17.4 Å². The Hall–Kier alpha value is -3.72. The van der Waals surface area contributed by atoms with Crippen molar-refractivity contribution in [3.05, 3.63) is 74.8 Å². The highest BCUT2D eigenvalue weighted by Gasteiger charge is 2.46. The zero-order chi connectivity index (χ0) is 25.9. The summed E-state index contributed by atoms with van der Waals surface area (Å²) in [4.78, 5) is 40.4. The van der Waals surface area contributed by atoms with Crippen LogP contribution in [0, 0.1) is 17.0 Å². The van der Waals surface area contributed by atoms with Crippen LogP contribution in [0.2, 0.25) is 0 Å². The van der Waals surface area contributed by atoms with Gasteiger partial charge in [-0.25, -0.2) is 0 Å². The Balaban J connectivity index is 2.12. The molecule has 1 saturated heterocycles. The van der Waals surface area contributed by atoms with Gasteiger partial charge in [0.2, 0.25) is 0 Å². The Morgan fingerprint density at radius 2 is 1.91 bits per heavy atom. The van der Waals surface area contributed by atoms with Gasteiger partial charge in [0.15, 0.2) is 0 Å². The van der Waals surface area contributed by atoms with Crippen molar-refractivity contribution in [2.75, 3.05) is 27.2 Å². The molecule has 0 spiro atoms. The lowest BCUT2D eigenvalue weighted by Gasteiger charge is -2.26. The van der Waals surface area contributed by atoms with Crippen molar-refractivity contribution in [3.8, 4) is 5.75 Å². The minimum Gasteiger partial charge on any atom is -0.507 e. The topological polar surface area (TPSA) is 113 Å². The van der Waals surface area contributed by atoms with Crippen LogP contribution >= 0.6 is 0 Å². The van der Waals surface area contributed by atoms with Gasteiger partial charge in [-0.1, -0.05) is 12.1 Å². The molecule has 0 unspecified atom stereocenters. The number of ketones is 1. The van der Waals surface area contributed by atoms with Gasteiger partial charge in [-0.05, 0) is 77.2 Å². The molecule has 1 atom stereocenters. The molecular weight excluding hydrogens is 450 g/mol. The first kappa shape index (κ1) is 25.9. The molecule has 3 rings (SSSR count). The van der Waals surface area contributed by atoms with Crippen LogP contribution in [0.3, 0.4) is 0 Å². The van der Waals surface area contributed by atoms with Gasteiger partial charge >= 0.3 is 0 Å². The molecule has 9 nitrogen and oxygen atoms in total. The smallest absolute Gasteiger partial charge is 0.295 e. The van der Waals surface area contributed by atoms with Crippen LogP contribution in [0.5, 0.6) is 5.75 Å². The van der Waals surface area contributed by atoms with E-state index in [1.54, 1.807) is 24.3 Å². The summed E-state index contributed by atoms with van der Waals surface area (Å²) in [5.74, 6) is -1.23. The molecule has 35 heavy (non-hydrogen) atoms. The maximum atomic E-state index is 13.1. The highest BCUT2D eigenvalue weighted by atomic mass is 16.6. The number of carbonyl (C=O) groups is 2. The predicted octanol–water partition coefficient (Wildman–Crippen LogP) is 4.06. The summed E-state index contributed by atoms with van der Waals surface area (Å²) in [5.41, 5.74) is 1.26. The lowest BCUT2D eigenvalue weighted by Crippen LogP contribution is -2.32. The number of nitro benzene ring substituents is 1. The number of aliphatic hydroxyl groups excluding tert-OH is 1. The minimum absolute atomic E-state index is 0.0329. The highest BCUT2D eigenvalue weighted by molar-refractivity contribution is 6.46. The van der Waals surface area contributed by atoms with Crippen LogP contribution in [0.1, 0.15) is 43.0 Å². The van der Waals surface area contributed by atoms with Crippen molar-refractivity contribution in [1.29, 1.82) is 0 Å². The van der Waals surface area contributed by atoms with Gasteiger partial charge in [0, 0.05) is 24.2 Å². The normalized spacial score (nSPS) is 17.5. The molecule has 1 aliphatic rings. The molecular formula is C26H31N3O6. The van der Waals surface area contributed by atoms with E-state index < -0.39 is 22.7 Å². The van der Waals surface area contributed by atoms with Gasteiger partial charge < -0.3 is 19.6 Å². The number of hydrogen-bond donors (Lipinski definition) is 1. The van der Waals surface area contributed by atoms with Gasteiger partial charge in [-0.2, -0.15) is 0 Å².